The molecule has 0 unspecified atom stereocenters. The van der Waals surface area contributed by atoms with Crippen LogP contribution in [0.2, 0.25) is 0 Å². The SMILES string of the molecule is O=C(CC(F)(F)F)N1CC(F)(F)C1. The fraction of sp³-hybridized carbons (Fsp3) is 0.833. The molecule has 0 aromatic heterocycles. The van der Waals surface area contributed by atoms with Gasteiger partial charge in [-0.2, -0.15) is 13.2 Å². The number of alkyl halides is 5. The van der Waals surface area contributed by atoms with E-state index < -0.39 is 37.5 Å². The number of nitrogens with zero attached hydrogens (tertiary/aromatic N) is 1. The van der Waals surface area contributed by atoms with Gasteiger partial charge in [0.05, 0.1) is 13.1 Å². The third-order valence-corrected chi connectivity index (χ3v) is 1.55. The Bertz CT molecular complexity index is 216. The molecule has 0 aromatic rings. The molecule has 13 heavy (non-hydrogen) atoms. The topological polar surface area (TPSA) is 20.3 Å². The monoisotopic (exact) mass is 203 g/mol. The van der Waals surface area contributed by atoms with Crippen LogP contribution >= 0.6 is 0 Å². The van der Waals surface area contributed by atoms with Gasteiger partial charge < -0.3 is 4.90 Å². The molecule has 0 spiro atoms. The van der Waals surface area contributed by atoms with E-state index in [0.29, 0.717) is 4.90 Å². The van der Waals surface area contributed by atoms with E-state index in [1.54, 1.807) is 0 Å². The van der Waals surface area contributed by atoms with E-state index in [2.05, 4.69) is 0 Å². The Morgan fingerprint density at radius 2 is 1.77 bits per heavy atom. The molecule has 2 nitrogen and oxygen atoms in total. The standard InChI is InChI=1S/C6H6F5NO/c7-5(8)2-12(3-5)4(13)1-6(9,10)11/h1-3H2. The van der Waals surface area contributed by atoms with Crippen LogP contribution in [0.25, 0.3) is 0 Å². The lowest BCUT2D eigenvalue weighted by Gasteiger charge is -2.38. The molecule has 0 aromatic carbocycles. The van der Waals surface area contributed by atoms with Gasteiger partial charge in [-0.25, -0.2) is 8.78 Å². The quantitative estimate of drug-likeness (QED) is 0.590. The van der Waals surface area contributed by atoms with E-state index >= 15 is 0 Å². The zero-order chi connectivity index (χ0) is 10.3. The summed E-state index contributed by atoms with van der Waals surface area (Å²) in [5.41, 5.74) is 0. The second-order valence-corrected chi connectivity index (χ2v) is 2.90. The predicted molar refractivity (Wildman–Crippen MR) is 32.2 cm³/mol. The number of rotatable bonds is 1. The number of halogens is 5. The maximum atomic E-state index is 12.1. The maximum absolute atomic E-state index is 12.1. The van der Waals surface area contributed by atoms with Gasteiger partial charge in [0.2, 0.25) is 5.91 Å². The minimum Gasteiger partial charge on any atom is -0.330 e. The Kier molecular flexibility index (Phi) is 2.21. The predicted octanol–water partition coefficient (Wildman–Crippen LogP) is 1.42. The van der Waals surface area contributed by atoms with Crippen molar-refractivity contribution in [2.24, 2.45) is 0 Å². The molecule has 0 radical (unpaired) electrons. The normalized spacial score (nSPS) is 21.2. The van der Waals surface area contributed by atoms with Crippen molar-refractivity contribution in [3.63, 3.8) is 0 Å². The smallest absolute Gasteiger partial charge is 0.330 e. The van der Waals surface area contributed by atoms with Crippen LogP contribution in [-0.4, -0.2) is 36.0 Å². The summed E-state index contributed by atoms with van der Waals surface area (Å²) < 4.78 is 59.0. The lowest BCUT2D eigenvalue weighted by Crippen LogP contribution is -2.58. The Hall–Kier alpha value is -0.880. The van der Waals surface area contributed by atoms with Crippen LogP contribution in [0.1, 0.15) is 6.42 Å². The molecule has 0 saturated carbocycles. The highest BCUT2D eigenvalue weighted by molar-refractivity contribution is 5.77. The summed E-state index contributed by atoms with van der Waals surface area (Å²) in [5, 5.41) is 0. The molecule has 1 heterocycles. The van der Waals surface area contributed by atoms with Crippen LogP contribution in [0.3, 0.4) is 0 Å². The van der Waals surface area contributed by atoms with E-state index in [0.717, 1.165) is 0 Å². The van der Waals surface area contributed by atoms with Crippen LogP contribution in [0, 0.1) is 0 Å². The Labute approximate surface area is 70.3 Å². The summed E-state index contributed by atoms with van der Waals surface area (Å²) in [6.45, 7) is -1.80. The number of carbonyl (C=O) groups is 1. The highest BCUT2D eigenvalue weighted by Crippen LogP contribution is 2.29. The summed E-state index contributed by atoms with van der Waals surface area (Å²) in [6.07, 6.45) is -6.29. The molecule has 1 amide bonds. The first-order chi connectivity index (χ1) is 5.70. The molecule has 0 atom stereocenters. The molecule has 1 rings (SSSR count). The highest BCUT2D eigenvalue weighted by atomic mass is 19.4. The zero-order valence-electron chi connectivity index (χ0n) is 6.37. The van der Waals surface area contributed by atoms with Gasteiger partial charge in [0.15, 0.2) is 0 Å². The minimum atomic E-state index is -4.62. The van der Waals surface area contributed by atoms with Crippen LogP contribution in [-0.2, 0) is 4.79 Å². The summed E-state index contributed by atoms with van der Waals surface area (Å²) in [5.74, 6) is -4.31. The Morgan fingerprint density at radius 3 is 2.08 bits per heavy atom. The molecule has 0 N–H and O–H groups in total. The molecule has 1 saturated heterocycles. The maximum Gasteiger partial charge on any atom is 0.397 e. The van der Waals surface area contributed by atoms with Crippen LogP contribution in [0.5, 0.6) is 0 Å². The van der Waals surface area contributed by atoms with Crippen molar-refractivity contribution in [3.05, 3.63) is 0 Å². The van der Waals surface area contributed by atoms with Crippen molar-refractivity contribution in [2.75, 3.05) is 13.1 Å². The summed E-state index contributed by atoms with van der Waals surface area (Å²) in [7, 11) is 0. The average Bonchev–Trinajstić information content (AvgIpc) is 1.77. The third kappa shape index (κ3) is 2.82. The van der Waals surface area contributed by atoms with Gasteiger partial charge in [-0.05, 0) is 0 Å². The summed E-state index contributed by atoms with van der Waals surface area (Å²) in [4.78, 5) is 11.1. The fourth-order valence-corrected chi connectivity index (χ4v) is 0.972. The lowest BCUT2D eigenvalue weighted by atomic mass is 10.1. The second-order valence-electron chi connectivity index (χ2n) is 2.90. The Balaban J connectivity index is 2.36. The van der Waals surface area contributed by atoms with Gasteiger partial charge >= 0.3 is 6.18 Å². The minimum absolute atomic E-state index is 0.494. The average molecular weight is 203 g/mol. The number of amides is 1. The summed E-state index contributed by atoms with van der Waals surface area (Å²) in [6, 6.07) is 0. The molecule has 0 aliphatic carbocycles. The van der Waals surface area contributed by atoms with E-state index in [1.165, 1.54) is 0 Å². The van der Waals surface area contributed by atoms with Gasteiger partial charge in [0, 0.05) is 0 Å². The molecule has 76 valence electrons. The number of hydrogen-bond donors (Lipinski definition) is 0. The van der Waals surface area contributed by atoms with E-state index in [9.17, 15) is 26.7 Å². The molecule has 7 heteroatoms. The van der Waals surface area contributed by atoms with Crippen molar-refractivity contribution in [1.29, 1.82) is 0 Å². The van der Waals surface area contributed by atoms with Crippen molar-refractivity contribution in [1.82, 2.24) is 4.90 Å². The van der Waals surface area contributed by atoms with Gasteiger partial charge in [-0.3, -0.25) is 4.79 Å². The van der Waals surface area contributed by atoms with E-state index in [4.69, 9.17) is 0 Å². The van der Waals surface area contributed by atoms with Gasteiger partial charge in [0.25, 0.3) is 5.92 Å². The number of carbonyl (C=O) groups excluding carboxylic acids is 1. The largest absolute Gasteiger partial charge is 0.397 e. The zero-order valence-corrected chi connectivity index (χ0v) is 6.37. The molecule has 1 aliphatic rings. The first-order valence-electron chi connectivity index (χ1n) is 3.42. The van der Waals surface area contributed by atoms with Gasteiger partial charge in [-0.15, -0.1) is 0 Å². The number of hydrogen-bond acceptors (Lipinski definition) is 1. The molecular weight excluding hydrogens is 197 g/mol. The lowest BCUT2D eigenvalue weighted by molar-refractivity contribution is -0.184. The molecule has 1 aliphatic heterocycles. The first-order valence-corrected chi connectivity index (χ1v) is 3.42. The second kappa shape index (κ2) is 2.81. The molecule has 1 fully saturated rings. The third-order valence-electron chi connectivity index (χ3n) is 1.55. The highest BCUT2D eigenvalue weighted by Gasteiger charge is 2.48. The van der Waals surface area contributed by atoms with Crippen LogP contribution in [0.15, 0.2) is 0 Å². The van der Waals surface area contributed by atoms with E-state index in [-0.39, 0.29) is 0 Å². The number of likely N-dealkylation sites (tertiary alicyclic amines) is 1. The summed E-state index contributed by atoms with van der Waals surface area (Å²) >= 11 is 0. The fourth-order valence-electron chi connectivity index (χ4n) is 0.972. The van der Waals surface area contributed by atoms with Crippen LogP contribution in [0.4, 0.5) is 22.0 Å². The first kappa shape index (κ1) is 10.2. The van der Waals surface area contributed by atoms with Gasteiger partial charge in [0.1, 0.15) is 6.42 Å². The molecule has 0 bridgehead atoms. The Morgan fingerprint density at radius 1 is 1.31 bits per heavy atom. The molecular formula is C6H6F5NO. The van der Waals surface area contributed by atoms with Crippen molar-refractivity contribution in [2.45, 2.75) is 18.5 Å². The van der Waals surface area contributed by atoms with Crippen molar-refractivity contribution in [3.8, 4) is 0 Å². The van der Waals surface area contributed by atoms with Crippen molar-refractivity contribution < 1.29 is 26.7 Å². The van der Waals surface area contributed by atoms with Gasteiger partial charge in [-0.1, -0.05) is 0 Å². The van der Waals surface area contributed by atoms with Crippen molar-refractivity contribution >= 4 is 5.91 Å². The van der Waals surface area contributed by atoms with E-state index in [1.807, 2.05) is 0 Å². The van der Waals surface area contributed by atoms with Crippen LogP contribution < -0.4 is 0 Å².